The largest absolute Gasteiger partial charge is 0.432 e. The number of carbonyl (C=O) groups is 1. The van der Waals surface area contributed by atoms with Gasteiger partial charge in [-0.2, -0.15) is 0 Å². The predicted octanol–water partition coefficient (Wildman–Crippen LogP) is 4.63. The lowest BCUT2D eigenvalue weighted by Crippen LogP contribution is -2.20. The average Bonchev–Trinajstić information content (AvgIpc) is 3.11. The van der Waals surface area contributed by atoms with Crippen LogP contribution in [0.3, 0.4) is 0 Å². The number of hydrogen-bond acceptors (Lipinski definition) is 4. The second-order valence-corrected chi connectivity index (χ2v) is 6.28. The third kappa shape index (κ3) is 3.52. The maximum Gasteiger partial charge on any atom is 0.340 e. The highest BCUT2D eigenvalue weighted by Crippen LogP contribution is 2.25. The molecule has 1 atom stereocenters. The maximum absolute atomic E-state index is 13.4. The van der Waals surface area contributed by atoms with Crippen LogP contribution in [0.1, 0.15) is 22.1 Å². The van der Waals surface area contributed by atoms with E-state index in [0.717, 1.165) is 0 Å². The molecule has 0 bridgehead atoms. The Balaban J connectivity index is 1.76. The zero-order valence-corrected chi connectivity index (χ0v) is 14.7. The molecule has 1 aromatic heterocycles. The lowest BCUT2D eigenvalue weighted by molar-refractivity contribution is 0.0196. The first-order valence-corrected chi connectivity index (χ1v) is 8.51. The predicted molar refractivity (Wildman–Crippen MR) is 98.9 cm³/mol. The third-order valence-electron chi connectivity index (χ3n) is 4.03. The number of fused-ring (bicyclic) bond motifs is 1. The van der Waals surface area contributed by atoms with Crippen molar-refractivity contribution in [2.45, 2.75) is 6.23 Å². The number of nitrogens with zero attached hydrogens (tertiary/aromatic N) is 3. The van der Waals surface area contributed by atoms with Gasteiger partial charge in [-0.25, -0.2) is 13.9 Å². The van der Waals surface area contributed by atoms with Crippen LogP contribution >= 0.6 is 11.6 Å². The molecule has 134 valence electrons. The first-order valence-electron chi connectivity index (χ1n) is 8.14. The van der Waals surface area contributed by atoms with Crippen LogP contribution in [0.4, 0.5) is 4.39 Å². The van der Waals surface area contributed by atoms with E-state index < -0.39 is 12.2 Å². The Bertz CT molecular complexity index is 1110. The smallest absolute Gasteiger partial charge is 0.340 e. The summed E-state index contributed by atoms with van der Waals surface area (Å²) in [5, 5.41) is 8.66. The zero-order valence-electron chi connectivity index (χ0n) is 13.9. The Labute approximate surface area is 158 Å². The van der Waals surface area contributed by atoms with E-state index in [1.807, 2.05) is 18.2 Å². The molecule has 4 aromatic rings. The summed E-state index contributed by atoms with van der Waals surface area (Å²) in [6, 6.07) is 19.4. The van der Waals surface area contributed by atoms with Gasteiger partial charge in [0, 0.05) is 10.6 Å². The van der Waals surface area contributed by atoms with Crippen LogP contribution in [0, 0.1) is 5.82 Å². The number of halogens is 2. The molecule has 0 saturated heterocycles. The summed E-state index contributed by atoms with van der Waals surface area (Å²) in [4.78, 5) is 12.7. The molecule has 7 heteroatoms. The molecule has 0 radical (unpaired) electrons. The molecular weight excluding hydrogens is 369 g/mol. The van der Waals surface area contributed by atoms with Crippen molar-refractivity contribution in [3.8, 4) is 0 Å². The Morgan fingerprint density at radius 1 is 1.04 bits per heavy atom. The second kappa shape index (κ2) is 7.17. The summed E-state index contributed by atoms with van der Waals surface area (Å²) < 4.78 is 20.6. The highest BCUT2D eigenvalue weighted by molar-refractivity contribution is 6.30. The van der Waals surface area contributed by atoms with Gasteiger partial charge in [-0.3, -0.25) is 0 Å². The molecule has 1 unspecified atom stereocenters. The molecule has 1 heterocycles. The first kappa shape index (κ1) is 17.2. The van der Waals surface area contributed by atoms with E-state index in [-0.39, 0.29) is 5.82 Å². The van der Waals surface area contributed by atoms with E-state index in [2.05, 4.69) is 10.3 Å². The lowest BCUT2D eigenvalue weighted by atomic mass is 10.2. The number of aromatic nitrogens is 3. The topological polar surface area (TPSA) is 57.0 Å². The number of para-hydroxylation sites is 1. The molecule has 0 saturated carbocycles. The van der Waals surface area contributed by atoms with Crippen molar-refractivity contribution < 1.29 is 13.9 Å². The fraction of sp³-hybridized carbons (Fsp3) is 0.0500. The Morgan fingerprint density at radius 3 is 2.59 bits per heavy atom. The molecule has 27 heavy (non-hydrogen) atoms. The van der Waals surface area contributed by atoms with Crippen molar-refractivity contribution in [1.82, 2.24) is 15.0 Å². The summed E-state index contributed by atoms with van der Waals surface area (Å²) in [6.45, 7) is 0. The van der Waals surface area contributed by atoms with Gasteiger partial charge in [-0.1, -0.05) is 47.1 Å². The maximum atomic E-state index is 13.4. The Morgan fingerprint density at radius 2 is 1.81 bits per heavy atom. The summed E-state index contributed by atoms with van der Waals surface area (Å²) >= 11 is 5.96. The number of esters is 1. The molecule has 3 aromatic carbocycles. The van der Waals surface area contributed by atoms with Crippen LogP contribution in [0.2, 0.25) is 5.02 Å². The zero-order chi connectivity index (χ0) is 18.8. The van der Waals surface area contributed by atoms with Crippen molar-refractivity contribution >= 4 is 28.6 Å². The monoisotopic (exact) mass is 381 g/mol. The van der Waals surface area contributed by atoms with Crippen LogP contribution in [0.5, 0.6) is 0 Å². The van der Waals surface area contributed by atoms with Crippen molar-refractivity contribution in [2.24, 2.45) is 0 Å². The van der Waals surface area contributed by atoms with Gasteiger partial charge in [0.15, 0.2) is 0 Å². The van der Waals surface area contributed by atoms with E-state index in [1.165, 1.54) is 22.9 Å². The number of hydrogen-bond donors (Lipinski definition) is 0. The average molecular weight is 382 g/mol. The van der Waals surface area contributed by atoms with Crippen LogP contribution in [0.25, 0.3) is 11.0 Å². The van der Waals surface area contributed by atoms with Crippen LogP contribution in [-0.4, -0.2) is 21.0 Å². The summed E-state index contributed by atoms with van der Waals surface area (Å²) in [5.74, 6) is -0.964. The Hall–Kier alpha value is -3.25. The quantitative estimate of drug-likeness (QED) is 0.484. The minimum atomic E-state index is -0.913. The molecule has 5 nitrogen and oxygen atoms in total. The van der Waals surface area contributed by atoms with Gasteiger partial charge in [-0.15, -0.1) is 5.10 Å². The molecule has 0 N–H and O–H groups in total. The SMILES string of the molecule is O=C(OC(c1ccc(F)cc1)n1nnc2ccccc21)c1cccc(Cl)c1. The van der Waals surface area contributed by atoms with Crippen molar-refractivity contribution in [3.63, 3.8) is 0 Å². The normalized spacial score (nSPS) is 12.1. The fourth-order valence-electron chi connectivity index (χ4n) is 2.73. The van der Waals surface area contributed by atoms with E-state index in [4.69, 9.17) is 16.3 Å². The number of rotatable bonds is 4. The van der Waals surface area contributed by atoms with Crippen molar-refractivity contribution in [2.75, 3.05) is 0 Å². The van der Waals surface area contributed by atoms with Crippen molar-refractivity contribution in [3.05, 3.63) is 94.8 Å². The van der Waals surface area contributed by atoms with Gasteiger partial charge in [0.2, 0.25) is 6.23 Å². The molecule has 0 aliphatic heterocycles. The van der Waals surface area contributed by atoms with E-state index in [9.17, 15) is 9.18 Å². The van der Waals surface area contributed by atoms with Gasteiger partial charge in [-0.05, 0) is 42.5 Å². The van der Waals surface area contributed by atoms with Crippen LogP contribution < -0.4 is 0 Å². The second-order valence-electron chi connectivity index (χ2n) is 5.84. The number of ether oxygens (including phenoxy) is 1. The lowest BCUT2D eigenvalue weighted by Gasteiger charge is -2.19. The standard InChI is InChI=1S/C20H13ClFN3O2/c21-15-5-3-4-14(12-15)20(26)27-19(13-8-10-16(22)11-9-13)25-18-7-2-1-6-17(18)23-24-25/h1-12,19H. The fourth-order valence-corrected chi connectivity index (χ4v) is 2.92. The van der Waals surface area contributed by atoms with Crippen LogP contribution in [0.15, 0.2) is 72.8 Å². The number of benzene rings is 3. The van der Waals surface area contributed by atoms with Gasteiger partial charge in [0.1, 0.15) is 11.3 Å². The molecule has 0 spiro atoms. The summed E-state index contributed by atoms with van der Waals surface area (Å²) in [7, 11) is 0. The molecule has 0 fully saturated rings. The molecule has 0 aliphatic rings. The molecular formula is C20H13ClFN3O2. The van der Waals surface area contributed by atoms with E-state index >= 15 is 0 Å². The van der Waals surface area contributed by atoms with Crippen LogP contribution in [-0.2, 0) is 4.74 Å². The highest BCUT2D eigenvalue weighted by atomic mass is 35.5. The van der Waals surface area contributed by atoms with Gasteiger partial charge >= 0.3 is 5.97 Å². The summed E-state index contributed by atoms with van der Waals surface area (Å²) in [6.07, 6.45) is -0.913. The summed E-state index contributed by atoms with van der Waals surface area (Å²) in [5.41, 5.74) is 2.20. The molecule has 0 amide bonds. The van der Waals surface area contributed by atoms with E-state index in [1.54, 1.807) is 36.4 Å². The third-order valence-corrected chi connectivity index (χ3v) is 4.27. The van der Waals surface area contributed by atoms with Crippen molar-refractivity contribution in [1.29, 1.82) is 0 Å². The Kier molecular flexibility index (Phi) is 4.56. The highest BCUT2D eigenvalue weighted by Gasteiger charge is 2.23. The van der Waals surface area contributed by atoms with Gasteiger partial charge in [0.25, 0.3) is 0 Å². The minimum Gasteiger partial charge on any atom is -0.432 e. The molecule has 0 aliphatic carbocycles. The first-order chi connectivity index (χ1) is 13.1. The number of carbonyl (C=O) groups excluding carboxylic acids is 1. The molecule has 4 rings (SSSR count). The van der Waals surface area contributed by atoms with Gasteiger partial charge < -0.3 is 4.74 Å². The van der Waals surface area contributed by atoms with Gasteiger partial charge in [0.05, 0.1) is 11.1 Å². The minimum absolute atomic E-state index is 0.305. The van der Waals surface area contributed by atoms with E-state index in [0.29, 0.717) is 27.2 Å².